The van der Waals surface area contributed by atoms with Gasteiger partial charge in [0.25, 0.3) is 0 Å². The molecule has 1 atom stereocenters. The van der Waals surface area contributed by atoms with Crippen LogP contribution >= 0.6 is 0 Å². The van der Waals surface area contributed by atoms with Crippen LogP contribution in [0.1, 0.15) is 44.2 Å². The van der Waals surface area contributed by atoms with Crippen LogP contribution in [0.4, 0.5) is 0 Å². The number of hydrogen-bond donors (Lipinski definition) is 1. The zero-order valence-electron chi connectivity index (χ0n) is 11.6. The molecule has 1 unspecified atom stereocenters. The average Bonchev–Trinajstić information content (AvgIpc) is 2.42. The van der Waals surface area contributed by atoms with Crippen molar-refractivity contribution >= 4 is 0 Å². The van der Waals surface area contributed by atoms with E-state index in [0.717, 1.165) is 38.0 Å². The molecule has 0 fully saturated rings. The molecule has 2 nitrogen and oxygen atoms in total. The summed E-state index contributed by atoms with van der Waals surface area (Å²) < 4.78 is 5.45. The molecule has 0 amide bonds. The summed E-state index contributed by atoms with van der Waals surface area (Å²) in [5.41, 5.74) is 1.26. The maximum Gasteiger partial charge on any atom is 0.123 e. The van der Waals surface area contributed by atoms with Crippen molar-refractivity contribution < 1.29 is 4.74 Å². The van der Waals surface area contributed by atoms with Gasteiger partial charge in [-0.1, -0.05) is 31.2 Å². The van der Waals surface area contributed by atoms with E-state index in [4.69, 9.17) is 4.74 Å². The second kappa shape index (κ2) is 8.76. The van der Waals surface area contributed by atoms with Crippen LogP contribution in [0.25, 0.3) is 0 Å². The van der Waals surface area contributed by atoms with Crippen LogP contribution in [-0.2, 0) is 0 Å². The number of nitrogens with one attached hydrogen (secondary N) is 1. The van der Waals surface area contributed by atoms with Gasteiger partial charge in [-0.3, -0.25) is 0 Å². The maximum absolute atomic E-state index is 5.45. The van der Waals surface area contributed by atoms with Crippen molar-refractivity contribution in [2.45, 2.75) is 38.6 Å². The van der Waals surface area contributed by atoms with E-state index in [-0.39, 0.29) is 0 Å². The Kier molecular flexibility index (Phi) is 7.19. The summed E-state index contributed by atoms with van der Waals surface area (Å²) >= 11 is 0. The number of methoxy groups -OCH3 is 1. The van der Waals surface area contributed by atoms with E-state index in [1.165, 1.54) is 5.56 Å². The van der Waals surface area contributed by atoms with Crippen LogP contribution in [0.15, 0.2) is 36.9 Å². The van der Waals surface area contributed by atoms with Gasteiger partial charge in [-0.15, -0.1) is 6.58 Å². The second-order valence-electron chi connectivity index (χ2n) is 4.47. The molecule has 0 spiro atoms. The van der Waals surface area contributed by atoms with Gasteiger partial charge in [0.1, 0.15) is 5.75 Å². The summed E-state index contributed by atoms with van der Waals surface area (Å²) in [4.78, 5) is 0. The van der Waals surface area contributed by atoms with Gasteiger partial charge in [0.05, 0.1) is 7.11 Å². The first-order valence-electron chi connectivity index (χ1n) is 6.80. The third-order valence-corrected chi connectivity index (χ3v) is 3.06. The minimum Gasteiger partial charge on any atom is -0.496 e. The quantitative estimate of drug-likeness (QED) is 0.524. The molecule has 0 bridgehead atoms. The predicted octanol–water partition coefficient (Wildman–Crippen LogP) is 4.09. The Balaban J connectivity index is 2.75. The molecule has 1 rings (SSSR count). The molecule has 0 aromatic heterocycles. The first-order chi connectivity index (χ1) is 8.83. The van der Waals surface area contributed by atoms with Crippen molar-refractivity contribution in [3.8, 4) is 5.75 Å². The van der Waals surface area contributed by atoms with Crippen molar-refractivity contribution in [2.24, 2.45) is 0 Å². The Hall–Kier alpha value is -1.28. The first-order valence-corrected chi connectivity index (χ1v) is 6.80. The number of hydrogen-bond acceptors (Lipinski definition) is 2. The van der Waals surface area contributed by atoms with E-state index in [1.54, 1.807) is 7.11 Å². The van der Waals surface area contributed by atoms with Gasteiger partial charge in [0.2, 0.25) is 0 Å². The molecular weight excluding hydrogens is 222 g/mol. The van der Waals surface area contributed by atoms with Gasteiger partial charge in [-0.05, 0) is 38.3 Å². The molecule has 0 aliphatic carbocycles. The lowest BCUT2D eigenvalue weighted by molar-refractivity contribution is 0.393. The summed E-state index contributed by atoms with van der Waals surface area (Å²) in [5.74, 6) is 0.977. The lowest BCUT2D eigenvalue weighted by Crippen LogP contribution is -2.22. The van der Waals surface area contributed by atoms with E-state index in [1.807, 2.05) is 18.2 Å². The fourth-order valence-electron chi connectivity index (χ4n) is 2.11. The molecular formula is C16H25NO. The third kappa shape index (κ3) is 4.53. The highest BCUT2D eigenvalue weighted by Crippen LogP contribution is 2.28. The van der Waals surface area contributed by atoms with Crippen LogP contribution in [0.5, 0.6) is 5.75 Å². The molecule has 0 saturated heterocycles. The van der Waals surface area contributed by atoms with Gasteiger partial charge in [-0.25, -0.2) is 0 Å². The van der Waals surface area contributed by atoms with Crippen molar-refractivity contribution in [2.75, 3.05) is 13.7 Å². The van der Waals surface area contributed by atoms with E-state index in [0.29, 0.717) is 6.04 Å². The topological polar surface area (TPSA) is 21.3 Å². The molecule has 1 N–H and O–H groups in total. The number of allylic oxidation sites excluding steroid dienone is 1. The number of benzene rings is 1. The lowest BCUT2D eigenvalue weighted by atomic mass is 9.99. The fourth-order valence-corrected chi connectivity index (χ4v) is 2.11. The second-order valence-corrected chi connectivity index (χ2v) is 4.47. The van der Waals surface area contributed by atoms with Crippen molar-refractivity contribution in [3.05, 3.63) is 42.5 Å². The normalized spacial score (nSPS) is 12.1. The molecule has 100 valence electrons. The Labute approximate surface area is 111 Å². The Morgan fingerprint density at radius 2 is 2.17 bits per heavy atom. The van der Waals surface area contributed by atoms with Crippen LogP contribution < -0.4 is 10.1 Å². The SMILES string of the molecule is C=CCCCC(NCCC)c1ccccc1OC. The predicted molar refractivity (Wildman–Crippen MR) is 78.1 cm³/mol. The number of ether oxygens (including phenoxy) is 1. The average molecular weight is 247 g/mol. The molecule has 0 saturated carbocycles. The Morgan fingerprint density at radius 3 is 2.83 bits per heavy atom. The van der Waals surface area contributed by atoms with Crippen molar-refractivity contribution in [1.29, 1.82) is 0 Å². The summed E-state index contributed by atoms with van der Waals surface area (Å²) in [7, 11) is 1.74. The molecule has 2 heteroatoms. The molecule has 1 aromatic rings. The minimum absolute atomic E-state index is 0.376. The molecule has 0 aliphatic rings. The smallest absolute Gasteiger partial charge is 0.123 e. The number of unbranched alkanes of at least 4 members (excludes halogenated alkanes) is 1. The highest BCUT2D eigenvalue weighted by atomic mass is 16.5. The first kappa shape index (κ1) is 14.8. The summed E-state index contributed by atoms with van der Waals surface area (Å²) in [6.45, 7) is 7.01. The van der Waals surface area contributed by atoms with E-state index in [9.17, 15) is 0 Å². The standard InChI is InChI=1S/C16H25NO/c1-4-6-7-11-15(17-13-5-2)14-10-8-9-12-16(14)18-3/h4,8-10,12,15,17H,1,5-7,11,13H2,2-3H3. The van der Waals surface area contributed by atoms with Gasteiger partial charge in [0.15, 0.2) is 0 Å². The number of rotatable bonds is 9. The van der Waals surface area contributed by atoms with Crippen LogP contribution in [0, 0.1) is 0 Å². The summed E-state index contributed by atoms with van der Waals surface area (Å²) in [6, 6.07) is 8.65. The highest BCUT2D eigenvalue weighted by molar-refractivity contribution is 5.35. The highest BCUT2D eigenvalue weighted by Gasteiger charge is 2.14. The van der Waals surface area contributed by atoms with Crippen LogP contribution in [-0.4, -0.2) is 13.7 Å². The fraction of sp³-hybridized carbons (Fsp3) is 0.500. The largest absolute Gasteiger partial charge is 0.496 e. The van der Waals surface area contributed by atoms with Crippen molar-refractivity contribution in [3.63, 3.8) is 0 Å². The van der Waals surface area contributed by atoms with Crippen LogP contribution in [0.2, 0.25) is 0 Å². The Morgan fingerprint density at radius 1 is 1.39 bits per heavy atom. The van der Waals surface area contributed by atoms with Gasteiger partial charge in [0, 0.05) is 11.6 Å². The molecule has 0 radical (unpaired) electrons. The zero-order chi connectivity index (χ0) is 13.2. The molecule has 18 heavy (non-hydrogen) atoms. The van der Waals surface area contributed by atoms with Gasteiger partial charge < -0.3 is 10.1 Å². The van der Waals surface area contributed by atoms with E-state index < -0.39 is 0 Å². The van der Waals surface area contributed by atoms with Gasteiger partial charge in [-0.2, -0.15) is 0 Å². The molecule has 1 aromatic carbocycles. The zero-order valence-corrected chi connectivity index (χ0v) is 11.6. The summed E-state index contributed by atoms with van der Waals surface area (Å²) in [6.07, 6.45) is 6.47. The van der Waals surface area contributed by atoms with Gasteiger partial charge >= 0.3 is 0 Å². The minimum atomic E-state index is 0.376. The van der Waals surface area contributed by atoms with E-state index >= 15 is 0 Å². The van der Waals surface area contributed by atoms with Crippen LogP contribution in [0.3, 0.4) is 0 Å². The number of para-hydroxylation sites is 1. The third-order valence-electron chi connectivity index (χ3n) is 3.06. The van der Waals surface area contributed by atoms with Crippen molar-refractivity contribution in [1.82, 2.24) is 5.32 Å². The maximum atomic E-state index is 5.45. The molecule has 0 aliphatic heterocycles. The monoisotopic (exact) mass is 247 g/mol. The summed E-state index contributed by atoms with van der Waals surface area (Å²) in [5, 5.41) is 3.61. The lowest BCUT2D eigenvalue weighted by Gasteiger charge is -2.21. The Bertz CT molecular complexity index is 349. The van der Waals surface area contributed by atoms with E-state index in [2.05, 4.69) is 31.0 Å². The molecule has 0 heterocycles.